The van der Waals surface area contributed by atoms with Crippen LogP contribution in [0.25, 0.3) is 0 Å². The molecule has 1 atom stereocenters. The van der Waals surface area contributed by atoms with Crippen LogP contribution in [0.2, 0.25) is 0 Å². The van der Waals surface area contributed by atoms with Crippen LogP contribution in [0.4, 0.5) is 0 Å². The quantitative estimate of drug-likeness (QED) is 0.734. The number of para-hydroxylation sites is 1. The highest BCUT2D eigenvalue weighted by atomic mass is 16.5. The number of carbonyl (C=O) groups is 2. The summed E-state index contributed by atoms with van der Waals surface area (Å²) in [6.45, 7) is 2.48. The lowest BCUT2D eigenvalue weighted by Crippen LogP contribution is -2.35. The molecule has 5 nitrogen and oxygen atoms in total. The first-order valence-corrected chi connectivity index (χ1v) is 8.39. The number of carboxylic acids is 1. The number of aromatic carboxylic acids is 1. The zero-order chi connectivity index (χ0) is 18.1. The summed E-state index contributed by atoms with van der Waals surface area (Å²) in [7, 11) is 0. The Balaban J connectivity index is 1.74. The van der Waals surface area contributed by atoms with Crippen molar-refractivity contribution in [3.63, 3.8) is 0 Å². The molecule has 0 fully saturated rings. The Morgan fingerprint density at radius 3 is 2.36 bits per heavy atom. The van der Waals surface area contributed by atoms with E-state index in [1.165, 1.54) is 0 Å². The van der Waals surface area contributed by atoms with Gasteiger partial charge in [0.1, 0.15) is 11.9 Å². The summed E-state index contributed by atoms with van der Waals surface area (Å²) in [4.78, 5) is 22.8. The topological polar surface area (TPSA) is 75.6 Å². The van der Waals surface area contributed by atoms with Crippen LogP contribution in [0.1, 0.15) is 35.7 Å². The van der Waals surface area contributed by atoms with Crippen molar-refractivity contribution in [2.75, 3.05) is 6.54 Å². The van der Waals surface area contributed by atoms with Crippen molar-refractivity contribution >= 4 is 11.9 Å². The van der Waals surface area contributed by atoms with Crippen molar-refractivity contribution in [1.29, 1.82) is 0 Å². The zero-order valence-electron chi connectivity index (χ0n) is 14.3. The van der Waals surface area contributed by atoms with Crippen molar-refractivity contribution < 1.29 is 19.4 Å². The smallest absolute Gasteiger partial charge is 0.335 e. The Hall–Kier alpha value is -2.82. The number of benzene rings is 2. The Morgan fingerprint density at radius 1 is 1.08 bits per heavy atom. The summed E-state index contributed by atoms with van der Waals surface area (Å²) in [6.07, 6.45) is 1.66. The molecule has 2 N–H and O–H groups in total. The summed E-state index contributed by atoms with van der Waals surface area (Å²) in [6, 6.07) is 16.1. The third-order valence-electron chi connectivity index (χ3n) is 3.87. The lowest BCUT2D eigenvalue weighted by Gasteiger charge is -2.18. The predicted octanol–water partition coefficient (Wildman–Crippen LogP) is 3.29. The molecule has 0 aromatic heterocycles. The molecule has 0 heterocycles. The van der Waals surface area contributed by atoms with Crippen LogP contribution in [0.5, 0.6) is 5.75 Å². The molecule has 0 aliphatic carbocycles. The Kier molecular flexibility index (Phi) is 7.01. The molecule has 0 saturated heterocycles. The minimum atomic E-state index is -0.951. The number of hydrogen-bond acceptors (Lipinski definition) is 3. The van der Waals surface area contributed by atoms with Crippen LogP contribution < -0.4 is 10.1 Å². The zero-order valence-corrected chi connectivity index (χ0v) is 14.3. The molecule has 1 unspecified atom stereocenters. The van der Waals surface area contributed by atoms with Gasteiger partial charge in [-0.3, -0.25) is 4.79 Å². The van der Waals surface area contributed by atoms with Crippen LogP contribution in [0.15, 0.2) is 54.6 Å². The van der Waals surface area contributed by atoms with Gasteiger partial charge in [0.25, 0.3) is 0 Å². The summed E-state index contributed by atoms with van der Waals surface area (Å²) in [5.74, 6) is -0.201. The number of nitrogens with one attached hydrogen (secondary N) is 1. The molecule has 0 radical (unpaired) electrons. The number of rotatable bonds is 9. The van der Waals surface area contributed by atoms with Crippen LogP contribution in [0, 0.1) is 0 Å². The summed E-state index contributed by atoms with van der Waals surface area (Å²) in [5.41, 5.74) is 1.18. The first-order chi connectivity index (χ1) is 12.1. The van der Waals surface area contributed by atoms with Crippen molar-refractivity contribution in [2.24, 2.45) is 0 Å². The lowest BCUT2D eigenvalue weighted by molar-refractivity contribution is -0.121. The fourth-order valence-electron chi connectivity index (χ4n) is 2.35. The van der Waals surface area contributed by atoms with Gasteiger partial charge in [0.05, 0.1) is 12.1 Å². The normalized spacial score (nSPS) is 11.6. The van der Waals surface area contributed by atoms with Gasteiger partial charge in [-0.2, -0.15) is 0 Å². The first kappa shape index (κ1) is 18.5. The van der Waals surface area contributed by atoms with Gasteiger partial charge in [-0.15, -0.1) is 0 Å². The van der Waals surface area contributed by atoms with Gasteiger partial charge in [0, 0.05) is 6.42 Å². The molecule has 0 spiro atoms. The molecule has 1 amide bonds. The standard InChI is InChI=1S/C20H23NO4/c1-2-17(25-18-6-4-3-5-7-18)14-21-19(22)13-10-15-8-11-16(12-9-15)20(23)24/h3-9,11-12,17H,2,10,13-14H2,1H3,(H,21,22)(H,23,24). The summed E-state index contributed by atoms with van der Waals surface area (Å²) < 4.78 is 5.84. The Labute approximate surface area is 147 Å². The van der Waals surface area contributed by atoms with E-state index in [1.54, 1.807) is 24.3 Å². The lowest BCUT2D eigenvalue weighted by atomic mass is 10.1. The number of ether oxygens (including phenoxy) is 1. The monoisotopic (exact) mass is 341 g/mol. The van der Waals surface area contributed by atoms with Crippen LogP contribution in [-0.4, -0.2) is 29.6 Å². The second-order valence-corrected chi connectivity index (χ2v) is 5.77. The molecular formula is C20H23NO4. The van der Waals surface area contributed by atoms with Gasteiger partial charge in [-0.05, 0) is 42.7 Å². The largest absolute Gasteiger partial charge is 0.489 e. The molecule has 0 aliphatic heterocycles. The van der Waals surface area contributed by atoms with E-state index in [2.05, 4.69) is 5.32 Å². The van der Waals surface area contributed by atoms with Crippen molar-refractivity contribution in [3.05, 3.63) is 65.7 Å². The molecular weight excluding hydrogens is 318 g/mol. The van der Waals surface area contributed by atoms with E-state index in [-0.39, 0.29) is 17.6 Å². The van der Waals surface area contributed by atoms with Crippen LogP contribution in [0.3, 0.4) is 0 Å². The number of amides is 1. The maximum atomic E-state index is 12.0. The minimum absolute atomic E-state index is 0.0441. The second-order valence-electron chi connectivity index (χ2n) is 5.77. The molecule has 132 valence electrons. The van der Waals surface area contributed by atoms with Crippen molar-refractivity contribution in [3.8, 4) is 5.75 Å². The van der Waals surface area contributed by atoms with Crippen molar-refractivity contribution in [2.45, 2.75) is 32.3 Å². The second kappa shape index (κ2) is 9.47. The van der Waals surface area contributed by atoms with E-state index in [1.807, 2.05) is 37.3 Å². The van der Waals surface area contributed by atoms with Gasteiger partial charge < -0.3 is 15.2 Å². The number of carbonyl (C=O) groups excluding carboxylic acids is 1. The maximum Gasteiger partial charge on any atom is 0.335 e. The van der Waals surface area contributed by atoms with Crippen LogP contribution in [-0.2, 0) is 11.2 Å². The van der Waals surface area contributed by atoms with E-state index in [0.29, 0.717) is 19.4 Å². The van der Waals surface area contributed by atoms with Gasteiger partial charge in [-0.1, -0.05) is 37.3 Å². The third kappa shape index (κ3) is 6.30. The summed E-state index contributed by atoms with van der Waals surface area (Å²) >= 11 is 0. The highest BCUT2D eigenvalue weighted by molar-refractivity contribution is 5.87. The molecule has 25 heavy (non-hydrogen) atoms. The Morgan fingerprint density at radius 2 is 1.76 bits per heavy atom. The van der Waals surface area contributed by atoms with Crippen LogP contribution >= 0.6 is 0 Å². The highest BCUT2D eigenvalue weighted by Crippen LogP contribution is 2.12. The Bertz CT molecular complexity index is 683. The molecule has 5 heteroatoms. The molecule has 0 saturated carbocycles. The number of hydrogen-bond donors (Lipinski definition) is 2. The third-order valence-corrected chi connectivity index (χ3v) is 3.87. The minimum Gasteiger partial charge on any atom is -0.489 e. The summed E-state index contributed by atoms with van der Waals surface area (Å²) in [5, 5.41) is 11.8. The SMILES string of the molecule is CCC(CNC(=O)CCc1ccc(C(=O)O)cc1)Oc1ccccc1. The van der Waals surface area contributed by atoms with E-state index >= 15 is 0 Å². The number of aryl methyl sites for hydroxylation is 1. The number of carboxylic acid groups (broad SMARTS) is 1. The van der Waals surface area contributed by atoms with Gasteiger partial charge >= 0.3 is 5.97 Å². The predicted molar refractivity (Wildman–Crippen MR) is 95.9 cm³/mol. The van der Waals surface area contributed by atoms with E-state index in [9.17, 15) is 9.59 Å². The molecule has 2 aromatic rings. The van der Waals surface area contributed by atoms with Gasteiger partial charge in [0.2, 0.25) is 5.91 Å². The van der Waals surface area contributed by atoms with Gasteiger partial charge in [0.15, 0.2) is 0 Å². The van der Waals surface area contributed by atoms with Gasteiger partial charge in [-0.25, -0.2) is 4.79 Å². The van der Waals surface area contributed by atoms with E-state index < -0.39 is 5.97 Å². The van der Waals surface area contributed by atoms with E-state index in [4.69, 9.17) is 9.84 Å². The van der Waals surface area contributed by atoms with Crippen molar-refractivity contribution in [1.82, 2.24) is 5.32 Å². The molecule has 2 rings (SSSR count). The molecule has 2 aromatic carbocycles. The maximum absolute atomic E-state index is 12.0. The highest BCUT2D eigenvalue weighted by Gasteiger charge is 2.10. The molecule has 0 bridgehead atoms. The average molecular weight is 341 g/mol. The first-order valence-electron chi connectivity index (χ1n) is 8.39. The molecule has 0 aliphatic rings. The average Bonchev–Trinajstić information content (AvgIpc) is 2.64. The fourth-order valence-corrected chi connectivity index (χ4v) is 2.35. The van der Waals surface area contributed by atoms with E-state index in [0.717, 1.165) is 17.7 Å². The fraction of sp³-hybridized carbons (Fsp3) is 0.300.